The largest absolute Gasteiger partial charge is 0.480 e. The predicted octanol–water partition coefficient (Wildman–Crippen LogP) is 0.648. The first-order valence-electron chi connectivity index (χ1n) is 15.3. The number of nitrogens with two attached hydrogens (primary N) is 1. The van der Waals surface area contributed by atoms with Crippen molar-refractivity contribution in [1.82, 2.24) is 30.0 Å². The van der Waals surface area contributed by atoms with Crippen LogP contribution in [0.4, 0.5) is 0 Å². The van der Waals surface area contributed by atoms with Crippen molar-refractivity contribution >= 4 is 29.6 Å². The van der Waals surface area contributed by atoms with E-state index in [0.29, 0.717) is 51.0 Å². The fourth-order valence-electron chi connectivity index (χ4n) is 6.37. The molecule has 13 nitrogen and oxygen atoms in total. The van der Waals surface area contributed by atoms with E-state index < -0.39 is 48.0 Å². The zero-order valence-corrected chi connectivity index (χ0v) is 24.7. The number of aliphatic carboxylic acids is 1. The number of aromatic nitrogens is 2. The summed E-state index contributed by atoms with van der Waals surface area (Å²) in [4.78, 5) is 78.0. The van der Waals surface area contributed by atoms with Crippen LogP contribution in [0.1, 0.15) is 77.3 Å². The number of likely N-dealkylation sites (tertiary alicyclic amines) is 3. The first-order valence-corrected chi connectivity index (χ1v) is 15.3. The maximum Gasteiger partial charge on any atom is 0.326 e. The molecule has 0 bridgehead atoms. The number of piperidine rings is 2. The number of carboxylic acids is 1. The summed E-state index contributed by atoms with van der Waals surface area (Å²) in [5, 5.41) is 12.5. The number of hydrogen-bond acceptors (Lipinski definition) is 7. The van der Waals surface area contributed by atoms with Gasteiger partial charge in [0.25, 0.3) is 0 Å². The maximum absolute atomic E-state index is 14.0. The average Bonchev–Trinajstić information content (AvgIpc) is 3.71. The third kappa shape index (κ3) is 6.93. The lowest BCUT2D eigenvalue weighted by Crippen LogP contribution is -2.62. The monoisotopic (exact) mass is 587 g/mol. The van der Waals surface area contributed by atoms with Crippen LogP contribution in [0.5, 0.6) is 0 Å². The molecule has 0 spiro atoms. The van der Waals surface area contributed by atoms with E-state index >= 15 is 0 Å². The molecule has 1 aromatic heterocycles. The van der Waals surface area contributed by atoms with Crippen molar-refractivity contribution < 1.29 is 29.1 Å². The number of H-pyrrole nitrogens is 1. The first kappa shape index (κ1) is 31.5. The van der Waals surface area contributed by atoms with Crippen molar-refractivity contribution in [3.63, 3.8) is 0 Å². The number of carbonyl (C=O) groups excluding carboxylic acids is 4. The zero-order valence-electron chi connectivity index (χ0n) is 24.7. The minimum Gasteiger partial charge on any atom is -0.480 e. The van der Waals surface area contributed by atoms with Crippen molar-refractivity contribution in [2.24, 2.45) is 11.7 Å². The van der Waals surface area contributed by atoms with Crippen LogP contribution >= 0.6 is 0 Å². The fourth-order valence-corrected chi connectivity index (χ4v) is 6.37. The lowest BCUT2D eigenvalue weighted by molar-refractivity contribution is -0.154. The molecule has 1 unspecified atom stereocenters. The maximum atomic E-state index is 14.0. The molecule has 3 fully saturated rings. The van der Waals surface area contributed by atoms with Crippen LogP contribution in [0.3, 0.4) is 0 Å². The van der Waals surface area contributed by atoms with Gasteiger partial charge in [-0.3, -0.25) is 19.2 Å². The summed E-state index contributed by atoms with van der Waals surface area (Å²) < 4.78 is 0. The van der Waals surface area contributed by atoms with E-state index in [1.165, 1.54) is 11.2 Å². The van der Waals surface area contributed by atoms with Crippen LogP contribution in [0, 0.1) is 5.92 Å². The van der Waals surface area contributed by atoms with Crippen molar-refractivity contribution in [3.8, 4) is 0 Å². The Morgan fingerprint density at radius 2 is 1.57 bits per heavy atom. The summed E-state index contributed by atoms with van der Waals surface area (Å²) >= 11 is 0. The molecule has 3 aliphatic heterocycles. The van der Waals surface area contributed by atoms with Gasteiger partial charge in [0.2, 0.25) is 23.6 Å². The number of aromatic amines is 1. The molecule has 232 valence electrons. The van der Waals surface area contributed by atoms with Crippen LogP contribution in [0.25, 0.3) is 0 Å². The number of carbonyl (C=O) groups is 5. The van der Waals surface area contributed by atoms with Gasteiger partial charge in [0.15, 0.2) is 0 Å². The van der Waals surface area contributed by atoms with Gasteiger partial charge in [-0.1, -0.05) is 20.3 Å². The summed E-state index contributed by atoms with van der Waals surface area (Å²) in [6, 6.07) is -4.16. The Kier molecular flexibility index (Phi) is 10.6. The van der Waals surface area contributed by atoms with E-state index in [4.69, 9.17) is 5.73 Å². The highest BCUT2D eigenvalue weighted by Crippen LogP contribution is 2.26. The highest BCUT2D eigenvalue weighted by atomic mass is 16.4. The number of nitrogens with zero attached hydrogens (tertiary/aromatic N) is 4. The minimum absolute atomic E-state index is 0.0237. The van der Waals surface area contributed by atoms with Gasteiger partial charge in [0.05, 0.1) is 12.4 Å². The van der Waals surface area contributed by atoms with Gasteiger partial charge in [-0.25, -0.2) is 9.78 Å². The molecular formula is C29H45N7O6. The van der Waals surface area contributed by atoms with E-state index in [1.54, 1.807) is 16.0 Å². The normalized spacial score (nSPS) is 25.0. The van der Waals surface area contributed by atoms with E-state index in [1.807, 2.05) is 13.8 Å². The average molecular weight is 588 g/mol. The van der Waals surface area contributed by atoms with Gasteiger partial charge in [0, 0.05) is 37.9 Å². The summed E-state index contributed by atoms with van der Waals surface area (Å²) in [5.41, 5.74) is 6.89. The van der Waals surface area contributed by atoms with Crippen LogP contribution in [0.15, 0.2) is 12.5 Å². The standard InChI is InChI=1S/C29H45N7O6/c1-3-18(2)24(30)28(40)35-13-7-5-10-22(35)27(39)34-12-6-4-9-21(34)25(37)33-20(15-19-16-31-17-32-19)26(38)36-14-8-11-23(36)29(41)42/h16-18,20-24H,3-15,30H2,1-2H3,(H,31,32)(H,33,37)(H,41,42)/t18?,20-,21-,22+,23-,24-/m0/s1. The lowest BCUT2D eigenvalue weighted by Gasteiger charge is -2.42. The van der Waals surface area contributed by atoms with Gasteiger partial charge < -0.3 is 35.8 Å². The van der Waals surface area contributed by atoms with Gasteiger partial charge in [-0.2, -0.15) is 0 Å². The SMILES string of the molecule is CCC(C)[C@H](N)C(=O)N1CCCC[C@@H]1C(=O)N1CCCC[C@H]1C(=O)N[C@@H](Cc1cnc[nH]1)C(=O)N1CCC[C@H]1C(=O)O. The first-order chi connectivity index (χ1) is 20.1. The number of imidazole rings is 1. The molecule has 42 heavy (non-hydrogen) atoms. The number of amides is 4. The Labute approximate surface area is 246 Å². The van der Waals surface area contributed by atoms with Crippen molar-refractivity contribution in [3.05, 3.63) is 18.2 Å². The second-order valence-corrected chi connectivity index (χ2v) is 11.9. The molecule has 0 aliphatic carbocycles. The summed E-state index contributed by atoms with van der Waals surface area (Å²) in [6.07, 6.45) is 8.79. The molecule has 6 atom stereocenters. The van der Waals surface area contributed by atoms with E-state index in [-0.39, 0.29) is 24.2 Å². The topological polar surface area (TPSA) is 182 Å². The van der Waals surface area contributed by atoms with Gasteiger partial charge in [-0.05, 0) is 57.3 Å². The summed E-state index contributed by atoms with van der Waals surface area (Å²) in [7, 11) is 0. The summed E-state index contributed by atoms with van der Waals surface area (Å²) in [6.45, 7) is 5.02. The Balaban J connectivity index is 1.52. The second kappa shape index (κ2) is 14.1. The van der Waals surface area contributed by atoms with Gasteiger partial charge in [-0.15, -0.1) is 0 Å². The minimum atomic E-state index is -1.07. The number of nitrogens with one attached hydrogen (secondary N) is 2. The zero-order chi connectivity index (χ0) is 30.4. The van der Waals surface area contributed by atoms with Crippen LogP contribution < -0.4 is 11.1 Å². The molecule has 5 N–H and O–H groups in total. The van der Waals surface area contributed by atoms with E-state index in [9.17, 15) is 29.1 Å². The molecule has 0 radical (unpaired) electrons. The Morgan fingerprint density at radius 3 is 2.21 bits per heavy atom. The number of carboxylic acid groups (broad SMARTS) is 1. The van der Waals surface area contributed by atoms with Gasteiger partial charge >= 0.3 is 5.97 Å². The number of rotatable bonds is 10. The second-order valence-electron chi connectivity index (χ2n) is 11.9. The molecule has 1 aromatic rings. The van der Waals surface area contributed by atoms with Crippen molar-refractivity contribution in [2.45, 2.75) is 108 Å². The Morgan fingerprint density at radius 1 is 0.952 bits per heavy atom. The molecule has 13 heteroatoms. The third-order valence-electron chi connectivity index (χ3n) is 9.12. The fraction of sp³-hybridized carbons (Fsp3) is 0.724. The van der Waals surface area contributed by atoms with Crippen molar-refractivity contribution in [2.75, 3.05) is 19.6 Å². The van der Waals surface area contributed by atoms with E-state index in [0.717, 1.165) is 32.1 Å². The Hall–Kier alpha value is -3.48. The highest BCUT2D eigenvalue weighted by Gasteiger charge is 2.43. The van der Waals surface area contributed by atoms with Crippen LogP contribution in [0.2, 0.25) is 0 Å². The molecule has 0 saturated carbocycles. The molecule has 0 aromatic carbocycles. The van der Waals surface area contributed by atoms with Crippen molar-refractivity contribution in [1.29, 1.82) is 0 Å². The van der Waals surface area contributed by atoms with Gasteiger partial charge in [0.1, 0.15) is 24.2 Å². The molecule has 4 heterocycles. The van der Waals surface area contributed by atoms with Crippen LogP contribution in [-0.4, -0.2) is 109 Å². The molecule has 3 saturated heterocycles. The molecule has 4 rings (SSSR count). The third-order valence-corrected chi connectivity index (χ3v) is 9.12. The molecular weight excluding hydrogens is 542 g/mol. The number of hydrogen-bond donors (Lipinski definition) is 4. The molecule has 4 amide bonds. The Bertz CT molecular complexity index is 1130. The van der Waals surface area contributed by atoms with Crippen LogP contribution in [-0.2, 0) is 30.4 Å². The molecule has 3 aliphatic rings. The highest BCUT2D eigenvalue weighted by molar-refractivity contribution is 5.96. The lowest BCUT2D eigenvalue weighted by atomic mass is 9.93. The summed E-state index contributed by atoms with van der Waals surface area (Å²) in [5.74, 6) is -2.53. The smallest absolute Gasteiger partial charge is 0.326 e. The predicted molar refractivity (Wildman–Crippen MR) is 153 cm³/mol. The van der Waals surface area contributed by atoms with E-state index in [2.05, 4.69) is 15.3 Å². The quantitative estimate of drug-likeness (QED) is 0.308.